The maximum atomic E-state index is 8.92. The smallest absolute Gasteiger partial charge is 0.0622 e. The fourth-order valence-corrected chi connectivity index (χ4v) is 8.26. The third-order valence-corrected chi connectivity index (χ3v) is 10.6. The van der Waals surface area contributed by atoms with Gasteiger partial charge in [-0.05, 0) is 123 Å². The Balaban J connectivity index is 1.28. The third kappa shape index (κ3) is 4.60. The lowest BCUT2D eigenvalue weighted by molar-refractivity contribution is 0.661. The van der Waals surface area contributed by atoms with Crippen LogP contribution < -0.4 is 0 Å². The Hall–Kier alpha value is -6.24. The van der Waals surface area contributed by atoms with Crippen molar-refractivity contribution in [3.05, 3.63) is 193 Å². The maximum absolute atomic E-state index is 8.92. The molecule has 0 aromatic heterocycles. The van der Waals surface area contributed by atoms with Gasteiger partial charge < -0.3 is 0 Å². The fourth-order valence-electron chi connectivity index (χ4n) is 8.26. The Bertz CT molecular complexity index is 3200. The first-order valence-electron chi connectivity index (χ1n) is 22.1. The minimum atomic E-state index is -0.527. The van der Waals surface area contributed by atoms with E-state index in [-0.39, 0.29) is 27.7 Å². The van der Waals surface area contributed by atoms with E-state index in [9.17, 15) is 0 Å². The Morgan fingerprint density at radius 1 is 0.373 bits per heavy atom. The van der Waals surface area contributed by atoms with Crippen molar-refractivity contribution in [2.75, 3.05) is 0 Å². The van der Waals surface area contributed by atoms with Crippen LogP contribution in [-0.2, 0) is 5.41 Å². The molecule has 0 unspecified atom stereocenters. The molecule has 0 aliphatic heterocycles. The normalized spacial score (nSPS) is 15.8. The summed E-state index contributed by atoms with van der Waals surface area (Å²) >= 11 is 0. The van der Waals surface area contributed by atoms with Crippen LogP contribution in [0.3, 0.4) is 0 Å². The Kier molecular flexibility index (Phi) is 4.71. The second-order valence-corrected chi connectivity index (χ2v) is 13.7. The highest BCUT2D eigenvalue weighted by atomic mass is 14.4. The second-order valence-electron chi connectivity index (χ2n) is 13.7. The Labute approximate surface area is 313 Å². The van der Waals surface area contributed by atoms with Gasteiger partial charge in [-0.25, -0.2) is 0 Å². The summed E-state index contributed by atoms with van der Waals surface area (Å²) in [6, 6.07) is 36.4. The highest BCUT2D eigenvalue weighted by molar-refractivity contribution is 6.22. The number of hydrogen-bond acceptors (Lipinski definition) is 0. The number of rotatable bonds is 4. The molecule has 0 fully saturated rings. The van der Waals surface area contributed by atoms with Crippen molar-refractivity contribution < 1.29 is 13.7 Å². The van der Waals surface area contributed by atoms with Crippen molar-refractivity contribution in [1.82, 2.24) is 0 Å². The van der Waals surface area contributed by atoms with Gasteiger partial charge in [-0.3, -0.25) is 0 Å². The van der Waals surface area contributed by atoms with E-state index in [0.717, 1.165) is 38.2 Å². The molecule has 0 amide bonds. The predicted octanol–water partition coefficient (Wildman–Crippen LogP) is 14.1. The van der Waals surface area contributed by atoms with E-state index in [1.807, 2.05) is 36.4 Å². The summed E-state index contributed by atoms with van der Waals surface area (Å²) in [6.45, 7) is 4.57. The van der Waals surface area contributed by atoms with Gasteiger partial charge in [-0.2, -0.15) is 0 Å². The topological polar surface area (TPSA) is 0 Å². The summed E-state index contributed by atoms with van der Waals surface area (Å²) in [5.74, 6) is 0. The monoisotopic (exact) mass is 658 g/mol. The molecule has 0 heterocycles. The molecule has 240 valence electrons. The summed E-state index contributed by atoms with van der Waals surface area (Å²) in [6.07, 6.45) is 0. The van der Waals surface area contributed by atoms with Crippen molar-refractivity contribution >= 4 is 32.3 Å². The van der Waals surface area contributed by atoms with E-state index in [2.05, 4.69) is 80.6 Å². The molecular formula is C51H36. The second kappa shape index (κ2) is 11.4. The molecule has 0 N–H and O–H groups in total. The van der Waals surface area contributed by atoms with Crippen molar-refractivity contribution in [2.24, 2.45) is 0 Å². The molecule has 0 atom stereocenters. The molecule has 0 bridgehead atoms. The molecule has 0 radical (unpaired) electrons. The van der Waals surface area contributed by atoms with E-state index < -0.39 is 60.4 Å². The lowest BCUT2D eigenvalue weighted by atomic mass is 9.80. The summed E-state index contributed by atoms with van der Waals surface area (Å²) in [4.78, 5) is 0. The first-order valence-corrected chi connectivity index (χ1v) is 17.1. The summed E-state index contributed by atoms with van der Waals surface area (Å²) in [5.41, 5.74) is 8.61. The molecule has 10 rings (SSSR count). The predicted molar refractivity (Wildman–Crippen MR) is 218 cm³/mol. The van der Waals surface area contributed by atoms with Gasteiger partial charge in [0.15, 0.2) is 0 Å². The van der Waals surface area contributed by atoms with E-state index >= 15 is 0 Å². The van der Waals surface area contributed by atoms with Crippen LogP contribution in [0, 0.1) is 0 Å². The largest absolute Gasteiger partial charge is 0.0629 e. The van der Waals surface area contributed by atoms with Gasteiger partial charge in [0.2, 0.25) is 0 Å². The van der Waals surface area contributed by atoms with Gasteiger partial charge in [0.1, 0.15) is 0 Å². The molecule has 9 aromatic rings. The van der Waals surface area contributed by atoms with Gasteiger partial charge in [0.25, 0.3) is 0 Å². The van der Waals surface area contributed by atoms with Crippen molar-refractivity contribution in [3.63, 3.8) is 0 Å². The van der Waals surface area contributed by atoms with Crippen LogP contribution in [0.2, 0.25) is 0 Å². The zero-order chi connectivity index (χ0) is 42.8. The number of hydrogen-bond donors (Lipinski definition) is 0. The molecule has 1 aliphatic carbocycles. The molecule has 0 saturated carbocycles. The van der Waals surface area contributed by atoms with Crippen LogP contribution >= 0.6 is 0 Å². The first-order chi connectivity index (χ1) is 29.2. The van der Waals surface area contributed by atoms with Crippen LogP contribution in [0.1, 0.15) is 38.7 Å². The first kappa shape index (κ1) is 21.1. The van der Waals surface area contributed by atoms with E-state index in [1.54, 1.807) is 18.2 Å². The molecule has 1 aliphatic rings. The summed E-state index contributed by atoms with van der Waals surface area (Å²) in [7, 11) is 0. The van der Waals surface area contributed by atoms with E-state index in [0.29, 0.717) is 5.56 Å². The van der Waals surface area contributed by atoms with E-state index in [4.69, 9.17) is 13.7 Å². The van der Waals surface area contributed by atoms with Crippen molar-refractivity contribution in [1.29, 1.82) is 0 Å². The molecule has 9 aromatic carbocycles. The average molecular weight is 659 g/mol. The molecule has 0 heteroatoms. The Morgan fingerprint density at radius 3 is 1.43 bits per heavy atom. The summed E-state index contributed by atoms with van der Waals surface area (Å²) < 4.78 is 86.2. The molecule has 0 saturated heterocycles. The average Bonchev–Trinajstić information content (AvgIpc) is 3.50. The Morgan fingerprint density at radius 2 is 0.863 bits per heavy atom. The maximum Gasteiger partial charge on any atom is 0.0629 e. The highest BCUT2D eigenvalue weighted by Crippen LogP contribution is 2.53. The minimum Gasteiger partial charge on any atom is -0.0622 e. The minimum absolute atomic E-state index is 0.0544. The van der Waals surface area contributed by atoms with Gasteiger partial charge in [0.05, 0.1) is 13.7 Å². The van der Waals surface area contributed by atoms with E-state index in [1.165, 1.54) is 33.0 Å². The summed E-state index contributed by atoms with van der Waals surface area (Å²) in [5, 5.41) is 6.13. The van der Waals surface area contributed by atoms with Crippen LogP contribution in [0.15, 0.2) is 182 Å². The molecule has 0 nitrogen and oxygen atoms in total. The van der Waals surface area contributed by atoms with Gasteiger partial charge in [0, 0.05) is 5.41 Å². The van der Waals surface area contributed by atoms with Crippen LogP contribution in [0.5, 0.6) is 0 Å². The van der Waals surface area contributed by atoms with Crippen LogP contribution in [-0.4, -0.2) is 0 Å². The molecule has 0 spiro atoms. The quantitative estimate of drug-likeness (QED) is 0.165. The third-order valence-electron chi connectivity index (χ3n) is 10.6. The van der Waals surface area contributed by atoms with Gasteiger partial charge in [-0.15, -0.1) is 0 Å². The lowest BCUT2D eigenvalue weighted by Gasteiger charge is -2.23. The number of benzene rings is 9. The molecular weight excluding hydrogens is 613 g/mol. The highest BCUT2D eigenvalue weighted by Gasteiger charge is 2.36. The lowest BCUT2D eigenvalue weighted by Crippen LogP contribution is -2.15. The standard InChI is InChI=1S/C51H36/c1-51(2)46-28-26-35-19-9-10-20-40(35)50(46)45-27-25-36(32-47(45)51)48-41-21-11-13-23-43(41)49(44-24-14-12-22-42(44)48)39-30-37(33-15-5-3-6-16-33)29-38(31-39)34-17-7-4-8-18-34/h3-32H,1-2H3/i3D,4D,5D,6D,7D,8D,15D,16D,17D,18D. The SMILES string of the molecule is [2H]c1c([2H])c([2H])c(-c2cc(-c3c([2H])c([2H])c([2H])c([2H])c3[2H])cc(-c3c4ccccc4c(-c4ccc5c(c4)C(C)(C)c4ccc6ccccc6c4-5)c4ccccc34)c2)c([2H])c1[2H]. The van der Waals surface area contributed by atoms with Crippen LogP contribution in [0.25, 0.3) is 88.0 Å². The zero-order valence-electron chi connectivity index (χ0n) is 38.0. The zero-order valence-corrected chi connectivity index (χ0v) is 28.0. The number of fused-ring (bicyclic) bond motifs is 7. The van der Waals surface area contributed by atoms with Crippen molar-refractivity contribution in [3.8, 4) is 55.6 Å². The molecule has 51 heavy (non-hydrogen) atoms. The fraction of sp³-hybridized carbons (Fsp3) is 0.0588. The van der Waals surface area contributed by atoms with Crippen molar-refractivity contribution in [2.45, 2.75) is 19.3 Å². The van der Waals surface area contributed by atoms with Gasteiger partial charge in [-0.1, -0.05) is 171 Å². The van der Waals surface area contributed by atoms with Crippen LogP contribution in [0.4, 0.5) is 0 Å². The van der Waals surface area contributed by atoms with Gasteiger partial charge >= 0.3 is 0 Å².